The van der Waals surface area contributed by atoms with Crippen molar-refractivity contribution >= 4 is 11.6 Å². The molecule has 2 aromatic rings. The Morgan fingerprint density at radius 3 is 2.24 bits per heavy atom. The Morgan fingerprint density at radius 2 is 1.60 bits per heavy atom. The fraction of sp³-hybridized carbons (Fsp3) is 0.400. The van der Waals surface area contributed by atoms with Crippen LogP contribution in [0.15, 0.2) is 30.3 Å². The second kappa shape index (κ2) is 9.54. The van der Waals surface area contributed by atoms with Gasteiger partial charge in [-0.2, -0.15) is 0 Å². The number of aryl methyl sites for hydroxylation is 2. The van der Waals surface area contributed by atoms with E-state index in [1.807, 2.05) is 45.0 Å². The minimum atomic E-state index is 0.378. The predicted molar refractivity (Wildman–Crippen MR) is 102 cm³/mol. The van der Waals surface area contributed by atoms with Gasteiger partial charge in [0.1, 0.15) is 19.0 Å². The van der Waals surface area contributed by atoms with Crippen LogP contribution in [0.1, 0.15) is 23.6 Å². The van der Waals surface area contributed by atoms with Gasteiger partial charge < -0.3 is 19.9 Å². The maximum absolute atomic E-state index is 6.36. The van der Waals surface area contributed by atoms with Crippen LogP contribution in [0.5, 0.6) is 17.2 Å². The maximum atomic E-state index is 6.36. The first kappa shape index (κ1) is 19.4. The fourth-order valence-corrected chi connectivity index (χ4v) is 2.94. The van der Waals surface area contributed by atoms with Crippen molar-refractivity contribution in [1.29, 1.82) is 0 Å². The molecule has 0 radical (unpaired) electrons. The highest BCUT2D eigenvalue weighted by Crippen LogP contribution is 2.36. The van der Waals surface area contributed by atoms with Crippen molar-refractivity contribution in [3.05, 3.63) is 52.0 Å². The Labute approximate surface area is 154 Å². The lowest BCUT2D eigenvalue weighted by Crippen LogP contribution is -2.11. The van der Waals surface area contributed by atoms with Crippen molar-refractivity contribution in [2.75, 3.05) is 26.4 Å². The summed E-state index contributed by atoms with van der Waals surface area (Å²) in [6, 6.07) is 9.93. The van der Waals surface area contributed by atoms with Crippen LogP contribution < -0.4 is 19.9 Å². The normalized spacial score (nSPS) is 10.6. The molecule has 0 amide bonds. The SMILES string of the molecule is CCOc1cc(CCN)cc(Cl)c1OCCOc1cc(C)cc(C)c1. The van der Waals surface area contributed by atoms with E-state index in [0.717, 1.165) is 17.7 Å². The monoisotopic (exact) mass is 363 g/mol. The van der Waals surface area contributed by atoms with Gasteiger partial charge in [-0.25, -0.2) is 0 Å². The third kappa shape index (κ3) is 5.83. The summed E-state index contributed by atoms with van der Waals surface area (Å²) in [7, 11) is 0. The number of hydrogen-bond donors (Lipinski definition) is 1. The van der Waals surface area contributed by atoms with Crippen molar-refractivity contribution in [3.8, 4) is 17.2 Å². The minimum Gasteiger partial charge on any atom is -0.490 e. The summed E-state index contributed by atoms with van der Waals surface area (Å²) in [5, 5.41) is 0.529. The molecule has 2 aromatic carbocycles. The molecule has 0 saturated carbocycles. The molecular weight excluding hydrogens is 338 g/mol. The Bertz CT molecular complexity index is 683. The molecule has 0 aliphatic rings. The minimum absolute atomic E-state index is 0.378. The van der Waals surface area contributed by atoms with Gasteiger partial charge in [-0.3, -0.25) is 0 Å². The van der Waals surface area contributed by atoms with Crippen molar-refractivity contribution in [2.45, 2.75) is 27.2 Å². The average Bonchev–Trinajstić information content (AvgIpc) is 2.53. The topological polar surface area (TPSA) is 53.7 Å². The Balaban J connectivity index is 1.99. The maximum Gasteiger partial charge on any atom is 0.179 e. The lowest BCUT2D eigenvalue weighted by molar-refractivity contribution is 0.208. The number of benzene rings is 2. The van der Waals surface area contributed by atoms with Gasteiger partial charge in [0.2, 0.25) is 0 Å². The van der Waals surface area contributed by atoms with E-state index < -0.39 is 0 Å². The van der Waals surface area contributed by atoms with E-state index >= 15 is 0 Å². The number of ether oxygens (including phenoxy) is 3. The number of nitrogens with two attached hydrogens (primary N) is 1. The quantitative estimate of drug-likeness (QED) is 0.674. The number of rotatable bonds is 9. The largest absolute Gasteiger partial charge is 0.490 e. The smallest absolute Gasteiger partial charge is 0.179 e. The molecular formula is C20H26ClNO3. The van der Waals surface area contributed by atoms with Gasteiger partial charge in [0, 0.05) is 0 Å². The van der Waals surface area contributed by atoms with E-state index in [1.54, 1.807) is 0 Å². The summed E-state index contributed by atoms with van der Waals surface area (Å²) in [6.07, 6.45) is 0.746. The molecule has 0 fully saturated rings. The zero-order chi connectivity index (χ0) is 18.2. The molecule has 0 saturated heterocycles. The first-order valence-electron chi connectivity index (χ1n) is 8.52. The molecule has 0 heterocycles. The van der Waals surface area contributed by atoms with Crippen molar-refractivity contribution in [2.24, 2.45) is 5.73 Å². The summed E-state index contributed by atoms with van der Waals surface area (Å²) in [5.41, 5.74) is 9.00. The molecule has 2 N–H and O–H groups in total. The molecule has 25 heavy (non-hydrogen) atoms. The third-order valence-electron chi connectivity index (χ3n) is 3.60. The molecule has 0 spiro atoms. The van der Waals surface area contributed by atoms with E-state index in [4.69, 9.17) is 31.5 Å². The van der Waals surface area contributed by atoms with Crippen LogP contribution in [0.4, 0.5) is 0 Å². The van der Waals surface area contributed by atoms with Crippen LogP contribution in [0, 0.1) is 13.8 Å². The summed E-state index contributed by atoms with van der Waals surface area (Å²) in [6.45, 7) is 7.93. The van der Waals surface area contributed by atoms with Crippen molar-refractivity contribution < 1.29 is 14.2 Å². The van der Waals surface area contributed by atoms with Gasteiger partial charge in [0.05, 0.1) is 11.6 Å². The highest BCUT2D eigenvalue weighted by molar-refractivity contribution is 6.32. The molecule has 0 aliphatic carbocycles. The van der Waals surface area contributed by atoms with Gasteiger partial charge in [0.25, 0.3) is 0 Å². The first-order valence-corrected chi connectivity index (χ1v) is 8.90. The van der Waals surface area contributed by atoms with Crippen molar-refractivity contribution in [1.82, 2.24) is 0 Å². The third-order valence-corrected chi connectivity index (χ3v) is 3.88. The Kier molecular flexibility index (Phi) is 7.41. The molecule has 0 atom stereocenters. The molecule has 0 aromatic heterocycles. The lowest BCUT2D eigenvalue weighted by Gasteiger charge is -2.15. The van der Waals surface area contributed by atoms with Crippen LogP contribution in [0.25, 0.3) is 0 Å². The Morgan fingerprint density at radius 1 is 0.920 bits per heavy atom. The van der Waals surface area contributed by atoms with Gasteiger partial charge in [-0.15, -0.1) is 0 Å². The molecule has 0 aliphatic heterocycles. The van der Waals surface area contributed by atoms with Crippen LogP contribution in [0.2, 0.25) is 5.02 Å². The molecule has 0 bridgehead atoms. The first-order chi connectivity index (χ1) is 12.0. The highest BCUT2D eigenvalue weighted by Gasteiger charge is 2.12. The van der Waals surface area contributed by atoms with Crippen LogP contribution in [-0.2, 0) is 6.42 Å². The fourth-order valence-electron chi connectivity index (χ4n) is 2.65. The van der Waals surface area contributed by atoms with Gasteiger partial charge >= 0.3 is 0 Å². The van der Waals surface area contributed by atoms with Crippen LogP contribution in [0.3, 0.4) is 0 Å². The second-order valence-corrected chi connectivity index (χ2v) is 6.30. The molecule has 136 valence electrons. The summed E-state index contributed by atoms with van der Waals surface area (Å²) < 4.78 is 17.2. The molecule has 2 rings (SSSR count). The van der Waals surface area contributed by atoms with Gasteiger partial charge in [-0.05, 0) is 74.7 Å². The zero-order valence-corrected chi connectivity index (χ0v) is 15.9. The van der Waals surface area contributed by atoms with Crippen molar-refractivity contribution in [3.63, 3.8) is 0 Å². The van der Waals surface area contributed by atoms with Crippen LogP contribution in [-0.4, -0.2) is 26.4 Å². The summed E-state index contributed by atoms with van der Waals surface area (Å²) >= 11 is 6.36. The lowest BCUT2D eigenvalue weighted by atomic mass is 10.1. The van der Waals surface area contributed by atoms with E-state index in [-0.39, 0.29) is 0 Å². The molecule has 5 heteroatoms. The van der Waals surface area contributed by atoms with E-state index in [0.29, 0.717) is 42.9 Å². The van der Waals surface area contributed by atoms with Gasteiger partial charge in [-0.1, -0.05) is 17.7 Å². The van der Waals surface area contributed by atoms with Gasteiger partial charge in [0.15, 0.2) is 11.5 Å². The number of hydrogen-bond acceptors (Lipinski definition) is 4. The van der Waals surface area contributed by atoms with E-state index in [9.17, 15) is 0 Å². The van der Waals surface area contributed by atoms with Crippen LogP contribution >= 0.6 is 11.6 Å². The zero-order valence-electron chi connectivity index (χ0n) is 15.1. The number of halogens is 1. The predicted octanol–water partition coefficient (Wildman–Crippen LogP) is 4.31. The second-order valence-electron chi connectivity index (χ2n) is 5.90. The van der Waals surface area contributed by atoms with E-state index in [1.165, 1.54) is 11.1 Å². The van der Waals surface area contributed by atoms with E-state index in [2.05, 4.69) is 6.07 Å². The Hall–Kier alpha value is -1.91. The molecule has 0 unspecified atom stereocenters. The summed E-state index contributed by atoms with van der Waals surface area (Å²) in [4.78, 5) is 0. The molecule has 4 nitrogen and oxygen atoms in total. The standard InChI is InChI=1S/C20H26ClNO3/c1-4-23-19-13-16(5-6-22)12-18(21)20(19)25-8-7-24-17-10-14(2)9-15(3)11-17/h9-13H,4-8,22H2,1-3H3. The average molecular weight is 364 g/mol. The summed E-state index contributed by atoms with van der Waals surface area (Å²) in [5.74, 6) is 2.04. The highest BCUT2D eigenvalue weighted by atomic mass is 35.5.